The number of hydrogen-bond donors (Lipinski definition) is 2. The van der Waals surface area contributed by atoms with Crippen molar-refractivity contribution in [1.29, 1.82) is 0 Å². The van der Waals surface area contributed by atoms with E-state index in [0.29, 0.717) is 13.0 Å². The molecule has 1 amide bonds. The molecule has 1 aromatic carbocycles. The predicted molar refractivity (Wildman–Crippen MR) is 78.2 cm³/mol. The highest BCUT2D eigenvalue weighted by atomic mass is 19.1. The van der Waals surface area contributed by atoms with Crippen molar-refractivity contribution in [3.63, 3.8) is 0 Å². The Hall–Kier alpha value is -1.42. The first-order valence-corrected chi connectivity index (χ1v) is 7.13. The van der Waals surface area contributed by atoms with Gasteiger partial charge < -0.3 is 10.4 Å². The lowest BCUT2D eigenvalue weighted by Gasteiger charge is -2.31. The van der Waals surface area contributed by atoms with E-state index in [2.05, 4.69) is 5.32 Å². The van der Waals surface area contributed by atoms with Crippen LogP contribution in [0.2, 0.25) is 0 Å². The second-order valence-electron chi connectivity index (χ2n) is 5.35. The van der Waals surface area contributed by atoms with Crippen LogP contribution in [-0.4, -0.2) is 24.2 Å². The summed E-state index contributed by atoms with van der Waals surface area (Å²) in [5.41, 5.74) is 0.738. The number of rotatable bonds is 7. The minimum Gasteiger partial charge on any atom is -0.396 e. The summed E-state index contributed by atoms with van der Waals surface area (Å²) >= 11 is 0. The first kappa shape index (κ1) is 16.6. The first-order chi connectivity index (χ1) is 9.48. The molecule has 0 saturated carbocycles. The second kappa shape index (κ2) is 7.39. The van der Waals surface area contributed by atoms with Crippen LogP contribution >= 0.6 is 0 Å². The van der Waals surface area contributed by atoms with Gasteiger partial charge in [0.15, 0.2) is 0 Å². The number of nitrogens with one attached hydrogen (secondary N) is 1. The Kier molecular flexibility index (Phi) is 6.14. The standard InChI is InChI=1S/C16H24FNO2/c1-4-16(5-2,8-9-19)11-18-15(20)13-7-6-12(3)10-14(13)17/h6-7,10,19H,4-5,8-9,11H2,1-3H3,(H,18,20). The van der Waals surface area contributed by atoms with Gasteiger partial charge in [0.05, 0.1) is 5.56 Å². The van der Waals surface area contributed by atoms with Gasteiger partial charge in [0.25, 0.3) is 5.91 Å². The fraction of sp³-hybridized carbons (Fsp3) is 0.562. The van der Waals surface area contributed by atoms with Gasteiger partial charge in [-0.25, -0.2) is 4.39 Å². The summed E-state index contributed by atoms with van der Waals surface area (Å²) in [5.74, 6) is -0.894. The van der Waals surface area contributed by atoms with Crippen LogP contribution in [0.1, 0.15) is 49.0 Å². The minimum absolute atomic E-state index is 0.0701. The summed E-state index contributed by atoms with van der Waals surface area (Å²) in [4.78, 5) is 12.0. The van der Waals surface area contributed by atoms with Gasteiger partial charge in [-0.1, -0.05) is 19.9 Å². The molecule has 0 unspecified atom stereocenters. The molecule has 2 N–H and O–H groups in total. The maximum absolute atomic E-state index is 13.7. The van der Waals surface area contributed by atoms with E-state index in [1.807, 2.05) is 13.8 Å². The molecule has 0 aliphatic heterocycles. The topological polar surface area (TPSA) is 49.3 Å². The van der Waals surface area contributed by atoms with E-state index in [1.165, 1.54) is 12.1 Å². The van der Waals surface area contributed by atoms with Crippen molar-refractivity contribution in [3.05, 3.63) is 35.1 Å². The van der Waals surface area contributed by atoms with Crippen molar-refractivity contribution in [1.82, 2.24) is 5.32 Å². The molecular formula is C16H24FNO2. The Morgan fingerprint density at radius 1 is 1.35 bits per heavy atom. The zero-order valence-electron chi connectivity index (χ0n) is 12.5. The molecule has 1 aromatic rings. The number of aliphatic hydroxyl groups is 1. The molecule has 112 valence electrons. The lowest BCUT2D eigenvalue weighted by Crippen LogP contribution is -2.38. The molecule has 0 bridgehead atoms. The molecule has 0 atom stereocenters. The maximum atomic E-state index is 13.7. The third kappa shape index (κ3) is 4.04. The zero-order valence-corrected chi connectivity index (χ0v) is 12.5. The van der Waals surface area contributed by atoms with Gasteiger partial charge in [0.1, 0.15) is 5.82 Å². The monoisotopic (exact) mass is 281 g/mol. The fourth-order valence-electron chi connectivity index (χ4n) is 2.35. The summed E-state index contributed by atoms with van der Waals surface area (Å²) in [7, 11) is 0. The molecule has 0 spiro atoms. The molecule has 0 saturated heterocycles. The predicted octanol–water partition coefficient (Wildman–Crippen LogP) is 3.05. The van der Waals surface area contributed by atoms with E-state index in [9.17, 15) is 9.18 Å². The van der Waals surface area contributed by atoms with Crippen LogP contribution in [0.3, 0.4) is 0 Å². The van der Waals surface area contributed by atoms with Gasteiger partial charge in [-0.05, 0) is 49.3 Å². The van der Waals surface area contributed by atoms with Crippen molar-refractivity contribution in [2.75, 3.05) is 13.2 Å². The van der Waals surface area contributed by atoms with Gasteiger partial charge in [0.2, 0.25) is 0 Å². The third-order valence-corrected chi connectivity index (χ3v) is 4.14. The Labute approximate surface area is 120 Å². The van der Waals surface area contributed by atoms with E-state index in [4.69, 9.17) is 5.11 Å². The van der Waals surface area contributed by atoms with Gasteiger partial charge in [-0.15, -0.1) is 0 Å². The normalized spacial score (nSPS) is 11.4. The smallest absolute Gasteiger partial charge is 0.254 e. The average Bonchev–Trinajstić information content (AvgIpc) is 2.43. The molecule has 0 fully saturated rings. The van der Waals surface area contributed by atoms with Crippen LogP contribution in [0, 0.1) is 18.2 Å². The fourth-order valence-corrected chi connectivity index (χ4v) is 2.35. The van der Waals surface area contributed by atoms with E-state index >= 15 is 0 Å². The van der Waals surface area contributed by atoms with Crippen molar-refractivity contribution in [2.24, 2.45) is 5.41 Å². The Balaban J connectivity index is 2.75. The van der Waals surface area contributed by atoms with Crippen LogP contribution in [0.25, 0.3) is 0 Å². The molecule has 1 rings (SSSR count). The van der Waals surface area contributed by atoms with Crippen molar-refractivity contribution >= 4 is 5.91 Å². The number of carbonyl (C=O) groups is 1. The SMILES string of the molecule is CCC(CC)(CCO)CNC(=O)c1ccc(C)cc1F. The lowest BCUT2D eigenvalue weighted by molar-refractivity contribution is 0.0903. The highest BCUT2D eigenvalue weighted by Gasteiger charge is 2.26. The number of aryl methyl sites for hydroxylation is 1. The number of aliphatic hydroxyl groups excluding tert-OH is 1. The largest absolute Gasteiger partial charge is 0.396 e. The van der Waals surface area contributed by atoms with Gasteiger partial charge >= 0.3 is 0 Å². The Morgan fingerprint density at radius 2 is 2.00 bits per heavy atom. The van der Waals surface area contributed by atoms with Crippen LogP contribution in [0.5, 0.6) is 0 Å². The Bertz CT molecular complexity index is 456. The highest BCUT2D eigenvalue weighted by Crippen LogP contribution is 2.29. The van der Waals surface area contributed by atoms with Crippen molar-refractivity contribution < 1.29 is 14.3 Å². The van der Waals surface area contributed by atoms with E-state index in [1.54, 1.807) is 13.0 Å². The van der Waals surface area contributed by atoms with Crippen molar-refractivity contribution in [3.8, 4) is 0 Å². The molecule has 3 nitrogen and oxygen atoms in total. The summed E-state index contributed by atoms with van der Waals surface area (Å²) in [6, 6.07) is 4.58. The lowest BCUT2D eigenvalue weighted by atomic mass is 9.79. The van der Waals surface area contributed by atoms with Gasteiger partial charge in [0, 0.05) is 13.2 Å². The molecule has 4 heteroatoms. The number of amides is 1. The zero-order chi connectivity index (χ0) is 15.2. The third-order valence-electron chi connectivity index (χ3n) is 4.14. The summed E-state index contributed by atoms with van der Waals surface area (Å²) in [6.07, 6.45) is 2.36. The van der Waals surface area contributed by atoms with Crippen LogP contribution in [-0.2, 0) is 0 Å². The Morgan fingerprint density at radius 3 is 2.50 bits per heavy atom. The quantitative estimate of drug-likeness (QED) is 0.807. The molecular weight excluding hydrogens is 257 g/mol. The van der Waals surface area contributed by atoms with E-state index < -0.39 is 11.7 Å². The summed E-state index contributed by atoms with van der Waals surface area (Å²) in [6.45, 7) is 6.41. The molecule has 0 heterocycles. The number of carbonyl (C=O) groups excluding carboxylic acids is 1. The number of halogens is 1. The average molecular weight is 281 g/mol. The van der Waals surface area contributed by atoms with Gasteiger partial charge in [-0.2, -0.15) is 0 Å². The van der Waals surface area contributed by atoms with E-state index in [0.717, 1.165) is 18.4 Å². The second-order valence-corrected chi connectivity index (χ2v) is 5.35. The first-order valence-electron chi connectivity index (χ1n) is 7.13. The molecule has 0 aliphatic rings. The van der Waals surface area contributed by atoms with E-state index in [-0.39, 0.29) is 17.6 Å². The number of benzene rings is 1. The molecule has 20 heavy (non-hydrogen) atoms. The summed E-state index contributed by atoms with van der Waals surface area (Å²) < 4.78 is 13.7. The van der Waals surface area contributed by atoms with Crippen molar-refractivity contribution in [2.45, 2.75) is 40.0 Å². The van der Waals surface area contributed by atoms with Gasteiger partial charge in [-0.3, -0.25) is 4.79 Å². The molecule has 0 aliphatic carbocycles. The number of hydrogen-bond acceptors (Lipinski definition) is 2. The molecule has 0 radical (unpaired) electrons. The minimum atomic E-state index is -0.497. The highest BCUT2D eigenvalue weighted by molar-refractivity contribution is 5.94. The van der Waals surface area contributed by atoms with Crippen LogP contribution in [0.15, 0.2) is 18.2 Å². The van der Waals surface area contributed by atoms with Crippen LogP contribution < -0.4 is 5.32 Å². The van der Waals surface area contributed by atoms with Crippen LogP contribution in [0.4, 0.5) is 4.39 Å². The molecule has 0 aromatic heterocycles. The summed E-state index contributed by atoms with van der Waals surface area (Å²) in [5, 5.41) is 11.9. The maximum Gasteiger partial charge on any atom is 0.254 e.